The lowest BCUT2D eigenvalue weighted by Gasteiger charge is -2.07. The van der Waals surface area contributed by atoms with Crippen LogP contribution in [0.1, 0.15) is 12.5 Å². The van der Waals surface area contributed by atoms with Gasteiger partial charge < -0.3 is 8.98 Å². The molecule has 0 radical (unpaired) electrons. The Kier molecular flexibility index (Phi) is 4.56. The highest BCUT2D eigenvalue weighted by molar-refractivity contribution is 6.06. The van der Waals surface area contributed by atoms with Crippen LogP contribution in [0.2, 0.25) is 0 Å². The van der Waals surface area contributed by atoms with E-state index in [9.17, 15) is 0 Å². The fraction of sp³-hybridized carbons (Fsp3) is 0.0625. The molecule has 0 aliphatic rings. The molecule has 0 unspecified atom stereocenters. The van der Waals surface area contributed by atoms with Gasteiger partial charge in [-0.05, 0) is 79.6 Å². The van der Waals surface area contributed by atoms with E-state index in [0.717, 1.165) is 60.4 Å². The molecule has 0 aliphatic heterocycles. The SMILES string of the molecule is C=C(C)/C=c1\c(=C)n(-c2ccccc2)c2ccc(-c3ccc4oc5ccc(C)cc5c4c3)cc12. The summed E-state index contributed by atoms with van der Waals surface area (Å²) in [4.78, 5) is 0. The maximum Gasteiger partial charge on any atom is 0.135 e. The second kappa shape index (κ2) is 7.64. The molecule has 0 atom stereocenters. The van der Waals surface area contributed by atoms with Gasteiger partial charge in [0.25, 0.3) is 0 Å². The van der Waals surface area contributed by atoms with Crippen molar-refractivity contribution in [2.24, 2.45) is 0 Å². The van der Waals surface area contributed by atoms with E-state index in [2.05, 4.69) is 110 Å². The third-order valence-corrected chi connectivity index (χ3v) is 6.47. The minimum atomic E-state index is 0.914. The minimum Gasteiger partial charge on any atom is -0.456 e. The molecule has 164 valence electrons. The molecule has 2 nitrogen and oxygen atoms in total. The predicted molar refractivity (Wildman–Crippen MR) is 145 cm³/mol. The summed E-state index contributed by atoms with van der Waals surface area (Å²) in [5, 5.41) is 5.54. The summed E-state index contributed by atoms with van der Waals surface area (Å²) in [5.41, 5.74) is 8.64. The molecular formula is C32H25NO. The number of allylic oxidation sites excluding steroid dienone is 1. The lowest BCUT2D eigenvalue weighted by molar-refractivity contribution is 0.669. The van der Waals surface area contributed by atoms with Crippen LogP contribution in [-0.4, -0.2) is 4.57 Å². The molecule has 0 saturated heterocycles. The Morgan fingerprint density at radius 3 is 2.18 bits per heavy atom. The lowest BCUT2D eigenvalue weighted by atomic mass is 10.0. The fourth-order valence-electron chi connectivity index (χ4n) is 4.90. The number of benzene rings is 4. The Morgan fingerprint density at radius 1 is 0.794 bits per heavy atom. The highest BCUT2D eigenvalue weighted by Gasteiger charge is 2.12. The van der Waals surface area contributed by atoms with Gasteiger partial charge in [-0.25, -0.2) is 0 Å². The van der Waals surface area contributed by atoms with Gasteiger partial charge in [0, 0.05) is 32.4 Å². The maximum atomic E-state index is 6.07. The quantitative estimate of drug-likeness (QED) is 0.283. The van der Waals surface area contributed by atoms with E-state index in [1.165, 1.54) is 10.9 Å². The molecule has 0 fully saturated rings. The molecule has 6 rings (SSSR count). The van der Waals surface area contributed by atoms with Crippen molar-refractivity contribution in [3.63, 3.8) is 0 Å². The van der Waals surface area contributed by atoms with Crippen LogP contribution >= 0.6 is 0 Å². The summed E-state index contributed by atoms with van der Waals surface area (Å²) >= 11 is 0. The molecule has 34 heavy (non-hydrogen) atoms. The van der Waals surface area contributed by atoms with Gasteiger partial charge in [-0.15, -0.1) is 0 Å². The summed E-state index contributed by atoms with van der Waals surface area (Å²) in [6.07, 6.45) is 2.13. The van der Waals surface area contributed by atoms with E-state index in [1.54, 1.807) is 0 Å². The fourth-order valence-corrected chi connectivity index (χ4v) is 4.90. The van der Waals surface area contributed by atoms with Crippen LogP contribution in [0.5, 0.6) is 0 Å². The average molecular weight is 440 g/mol. The molecule has 2 heterocycles. The molecule has 2 aromatic heterocycles. The van der Waals surface area contributed by atoms with Crippen molar-refractivity contribution >= 4 is 45.5 Å². The van der Waals surface area contributed by atoms with Crippen molar-refractivity contribution in [3.8, 4) is 16.8 Å². The van der Waals surface area contributed by atoms with Gasteiger partial charge >= 0.3 is 0 Å². The Labute approximate surface area is 198 Å². The van der Waals surface area contributed by atoms with Crippen LogP contribution in [-0.2, 0) is 0 Å². The van der Waals surface area contributed by atoms with Gasteiger partial charge in [-0.3, -0.25) is 0 Å². The second-order valence-electron chi connectivity index (χ2n) is 9.07. The largest absolute Gasteiger partial charge is 0.456 e. The summed E-state index contributed by atoms with van der Waals surface area (Å²) < 4.78 is 8.30. The normalized spacial score (nSPS) is 12.2. The Balaban J connectivity index is 1.61. The number of nitrogens with zero attached hydrogens (tertiary/aromatic N) is 1. The molecule has 2 heteroatoms. The zero-order chi connectivity index (χ0) is 23.4. The number of aromatic nitrogens is 1. The van der Waals surface area contributed by atoms with Crippen LogP contribution in [0.3, 0.4) is 0 Å². The Bertz CT molecular complexity index is 1850. The molecule has 0 aliphatic carbocycles. The van der Waals surface area contributed by atoms with Crippen molar-refractivity contribution in [1.82, 2.24) is 4.57 Å². The first-order valence-electron chi connectivity index (χ1n) is 11.5. The second-order valence-corrected chi connectivity index (χ2v) is 9.07. The smallest absolute Gasteiger partial charge is 0.135 e. The summed E-state index contributed by atoms with van der Waals surface area (Å²) in [7, 11) is 0. The van der Waals surface area contributed by atoms with Gasteiger partial charge in [0.2, 0.25) is 0 Å². The first-order valence-corrected chi connectivity index (χ1v) is 11.5. The van der Waals surface area contributed by atoms with Crippen molar-refractivity contribution in [2.75, 3.05) is 0 Å². The topological polar surface area (TPSA) is 18.1 Å². The van der Waals surface area contributed by atoms with E-state index in [1.807, 2.05) is 13.0 Å². The molecule has 0 bridgehead atoms. The number of hydrogen-bond donors (Lipinski definition) is 0. The van der Waals surface area contributed by atoms with Gasteiger partial charge in [-0.2, -0.15) is 0 Å². The van der Waals surface area contributed by atoms with Crippen LogP contribution < -0.4 is 10.6 Å². The minimum absolute atomic E-state index is 0.914. The molecule has 0 saturated carbocycles. The van der Waals surface area contributed by atoms with Crippen LogP contribution in [0.25, 0.3) is 62.3 Å². The summed E-state index contributed by atoms with van der Waals surface area (Å²) in [6.45, 7) is 12.7. The van der Waals surface area contributed by atoms with Gasteiger partial charge in [0.05, 0.1) is 5.52 Å². The Hall–Kier alpha value is -4.30. The first-order chi connectivity index (χ1) is 16.5. The number of aryl methyl sites for hydroxylation is 1. The van der Waals surface area contributed by atoms with E-state index in [4.69, 9.17) is 4.42 Å². The zero-order valence-corrected chi connectivity index (χ0v) is 19.4. The number of hydrogen-bond acceptors (Lipinski definition) is 1. The van der Waals surface area contributed by atoms with Crippen LogP contribution in [0, 0.1) is 6.92 Å². The van der Waals surface area contributed by atoms with Crippen LogP contribution in [0.4, 0.5) is 0 Å². The molecule has 0 spiro atoms. The molecule has 0 amide bonds. The van der Waals surface area contributed by atoms with E-state index in [-0.39, 0.29) is 0 Å². The van der Waals surface area contributed by atoms with Gasteiger partial charge in [-0.1, -0.05) is 60.7 Å². The highest BCUT2D eigenvalue weighted by atomic mass is 16.3. The van der Waals surface area contributed by atoms with Crippen molar-refractivity contribution in [3.05, 3.63) is 113 Å². The van der Waals surface area contributed by atoms with Crippen molar-refractivity contribution in [1.29, 1.82) is 0 Å². The number of para-hydroxylation sites is 1. The highest BCUT2D eigenvalue weighted by Crippen LogP contribution is 2.33. The third-order valence-electron chi connectivity index (χ3n) is 6.47. The monoisotopic (exact) mass is 439 g/mol. The van der Waals surface area contributed by atoms with Gasteiger partial charge in [0.15, 0.2) is 0 Å². The number of fused-ring (bicyclic) bond motifs is 4. The zero-order valence-electron chi connectivity index (χ0n) is 19.4. The predicted octanol–water partition coefficient (Wildman–Crippen LogP) is 7.27. The van der Waals surface area contributed by atoms with Crippen molar-refractivity contribution < 1.29 is 4.42 Å². The lowest BCUT2D eigenvalue weighted by Crippen LogP contribution is -2.26. The average Bonchev–Trinajstić information content (AvgIpc) is 3.33. The number of furan rings is 1. The molecule has 6 aromatic rings. The maximum absolute atomic E-state index is 6.07. The van der Waals surface area contributed by atoms with E-state index in [0.29, 0.717) is 0 Å². The van der Waals surface area contributed by atoms with Gasteiger partial charge in [0.1, 0.15) is 11.2 Å². The Morgan fingerprint density at radius 2 is 1.44 bits per heavy atom. The standard InChI is InChI=1S/C32H25NO/c1-20(2)16-26-22(4)33(25-8-6-5-7-9-25)30-13-11-23(18-27(26)30)24-12-15-32-29(19-24)28-17-21(3)10-14-31(28)34-32/h5-19H,1,4H2,2-3H3/b26-16+. The first kappa shape index (κ1) is 20.3. The molecule has 4 aromatic carbocycles. The molecular weight excluding hydrogens is 414 g/mol. The molecule has 0 N–H and O–H groups in total. The van der Waals surface area contributed by atoms with Crippen LogP contribution in [0.15, 0.2) is 101 Å². The van der Waals surface area contributed by atoms with Crippen molar-refractivity contribution in [2.45, 2.75) is 13.8 Å². The third kappa shape index (κ3) is 3.19. The number of rotatable bonds is 3. The van der Waals surface area contributed by atoms with E-state index < -0.39 is 0 Å². The summed E-state index contributed by atoms with van der Waals surface area (Å²) in [5.74, 6) is 0. The van der Waals surface area contributed by atoms with E-state index >= 15 is 0 Å². The summed E-state index contributed by atoms with van der Waals surface area (Å²) in [6, 6.07) is 29.8.